The Morgan fingerprint density at radius 3 is 2.04 bits per heavy atom. The summed E-state index contributed by atoms with van der Waals surface area (Å²) in [6.07, 6.45) is -10.8. The molecule has 2 rings (SSSR count). The molecule has 0 aromatic carbocycles. The first kappa shape index (κ1) is 18.9. The van der Waals surface area contributed by atoms with Gasteiger partial charge in [0.05, 0.1) is 19.3 Å². The summed E-state index contributed by atoms with van der Waals surface area (Å²) in [5.74, 6) is 0. The molecule has 0 aromatic rings. The Kier molecular flexibility index (Phi) is 6.68. The highest BCUT2D eigenvalue weighted by molar-refractivity contribution is 4.91. The lowest BCUT2D eigenvalue weighted by Crippen LogP contribution is -2.61. The minimum atomic E-state index is -1.57. The fraction of sp³-hybridized carbons (Fsp3) is 1.00. The van der Waals surface area contributed by atoms with Crippen LogP contribution in [-0.4, -0.2) is 106 Å². The van der Waals surface area contributed by atoms with Crippen molar-refractivity contribution in [1.29, 1.82) is 0 Å². The SMILES string of the molecule is CO[C@H]1C[C@@H](OC2OC(CO)[C@H](O)[C@H](O)[C@@H]2O)[C@@H](O)C(CO)O1. The van der Waals surface area contributed by atoms with E-state index in [9.17, 15) is 25.5 Å². The predicted octanol–water partition coefficient (Wildman–Crippen LogP) is -3.71. The van der Waals surface area contributed by atoms with Gasteiger partial charge < -0.3 is 49.6 Å². The first-order chi connectivity index (χ1) is 10.9. The Morgan fingerprint density at radius 2 is 1.48 bits per heavy atom. The summed E-state index contributed by atoms with van der Waals surface area (Å²) >= 11 is 0. The molecule has 3 unspecified atom stereocenters. The van der Waals surface area contributed by atoms with Gasteiger partial charge in [0.25, 0.3) is 0 Å². The molecule has 0 bridgehead atoms. The summed E-state index contributed by atoms with van der Waals surface area (Å²) in [5.41, 5.74) is 0. The molecule has 136 valence electrons. The highest BCUT2D eigenvalue weighted by Gasteiger charge is 2.47. The number of ether oxygens (including phenoxy) is 4. The van der Waals surface area contributed by atoms with E-state index in [1.54, 1.807) is 0 Å². The van der Waals surface area contributed by atoms with Crippen molar-refractivity contribution in [3.8, 4) is 0 Å². The minimum absolute atomic E-state index is 0.100. The largest absolute Gasteiger partial charge is 0.394 e. The van der Waals surface area contributed by atoms with E-state index in [0.29, 0.717) is 0 Å². The second kappa shape index (κ2) is 8.12. The molecule has 2 aliphatic rings. The third-order valence-corrected chi connectivity index (χ3v) is 4.11. The zero-order valence-corrected chi connectivity index (χ0v) is 12.6. The average Bonchev–Trinajstić information content (AvgIpc) is 2.56. The molecular formula is C13H24O10. The molecule has 23 heavy (non-hydrogen) atoms. The van der Waals surface area contributed by atoms with E-state index in [1.165, 1.54) is 7.11 Å². The highest BCUT2D eigenvalue weighted by Crippen LogP contribution is 2.28. The summed E-state index contributed by atoms with van der Waals surface area (Å²) in [7, 11) is 1.39. The van der Waals surface area contributed by atoms with E-state index < -0.39 is 68.5 Å². The van der Waals surface area contributed by atoms with Gasteiger partial charge in [-0.1, -0.05) is 0 Å². The number of rotatable bonds is 5. The van der Waals surface area contributed by atoms with E-state index in [4.69, 9.17) is 24.1 Å². The monoisotopic (exact) mass is 340 g/mol. The van der Waals surface area contributed by atoms with Gasteiger partial charge in [-0.2, -0.15) is 0 Å². The van der Waals surface area contributed by atoms with Crippen LogP contribution in [0.4, 0.5) is 0 Å². The molecule has 0 aromatic heterocycles. The normalized spacial score (nSPS) is 48.4. The van der Waals surface area contributed by atoms with Crippen LogP contribution in [0, 0.1) is 0 Å². The van der Waals surface area contributed by atoms with Crippen LogP contribution in [0.3, 0.4) is 0 Å². The van der Waals surface area contributed by atoms with Crippen LogP contribution in [0.15, 0.2) is 0 Å². The van der Waals surface area contributed by atoms with Crippen LogP contribution < -0.4 is 0 Å². The van der Waals surface area contributed by atoms with Gasteiger partial charge in [-0.3, -0.25) is 0 Å². The maximum atomic E-state index is 10.1. The fourth-order valence-electron chi connectivity index (χ4n) is 2.69. The van der Waals surface area contributed by atoms with E-state index in [-0.39, 0.29) is 6.42 Å². The van der Waals surface area contributed by atoms with Crippen molar-refractivity contribution in [2.75, 3.05) is 20.3 Å². The Balaban J connectivity index is 2.06. The number of aliphatic hydroxyl groups is 6. The summed E-state index contributed by atoms with van der Waals surface area (Å²) in [4.78, 5) is 0. The fourth-order valence-corrected chi connectivity index (χ4v) is 2.69. The zero-order chi connectivity index (χ0) is 17.1. The summed E-state index contributed by atoms with van der Waals surface area (Å²) in [5, 5.41) is 57.9. The van der Waals surface area contributed by atoms with E-state index >= 15 is 0 Å². The molecule has 0 radical (unpaired) electrons. The molecule has 0 saturated carbocycles. The average molecular weight is 340 g/mol. The molecule has 9 atom stereocenters. The molecule has 0 spiro atoms. The first-order valence-electron chi connectivity index (χ1n) is 7.36. The van der Waals surface area contributed by atoms with E-state index in [0.717, 1.165) is 0 Å². The molecule has 2 fully saturated rings. The quantitative estimate of drug-likeness (QED) is 0.294. The van der Waals surface area contributed by atoms with Gasteiger partial charge in [0.2, 0.25) is 0 Å². The van der Waals surface area contributed by atoms with Gasteiger partial charge in [-0.05, 0) is 0 Å². The third kappa shape index (κ3) is 3.99. The topological polar surface area (TPSA) is 158 Å². The highest BCUT2D eigenvalue weighted by atomic mass is 16.7. The van der Waals surface area contributed by atoms with Gasteiger partial charge in [0, 0.05) is 13.5 Å². The third-order valence-electron chi connectivity index (χ3n) is 4.11. The number of methoxy groups -OCH3 is 1. The van der Waals surface area contributed by atoms with Crippen LogP contribution in [0.5, 0.6) is 0 Å². The summed E-state index contributed by atoms with van der Waals surface area (Å²) in [6, 6.07) is 0. The summed E-state index contributed by atoms with van der Waals surface area (Å²) < 4.78 is 21.1. The Bertz CT molecular complexity index is 357. The maximum Gasteiger partial charge on any atom is 0.187 e. The van der Waals surface area contributed by atoms with Crippen molar-refractivity contribution >= 4 is 0 Å². The van der Waals surface area contributed by atoms with Crippen LogP contribution in [-0.2, 0) is 18.9 Å². The van der Waals surface area contributed by atoms with Crippen molar-refractivity contribution in [3.05, 3.63) is 0 Å². The lowest BCUT2D eigenvalue weighted by Gasteiger charge is -2.44. The van der Waals surface area contributed by atoms with E-state index in [1.807, 2.05) is 0 Å². The molecule has 10 heteroatoms. The van der Waals surface area contributed by atoms with Crippen LogP contribution in [0.1, 0.15) is 6.42 Å². The van der Waals surface area contributed by atoms with Crippen molar-refractivity contribution in [3.63, 3.8) is 0 Å². The summed E-state index contributed by atoms with van der Waals surface area (Å²) in [6.45, 7) is -1.04. The molecule has 2 aliphatic heterocycles. The molecule has 0 amide bonds. The van der Waals surface area contributed by atoms with Gasteiger partial charge in [0.1, 0.15) is 36.6 Å². The molecule has 0 aliphatic carbocycles. The molecule has 10 nitrogen and oxygen atoms in total. The molecular weight excluding hydrogens is 316 g/mol. The van der Waals surface area contributed by atoms with Gasteiger partial charge >= 0.3 is 0 Å². The molecule has 2 heterocycles. The van der Waals surface area contributed by atoms with Crippen LogP contribution >= 0.6 is 0 Å². The van der Waals surface area contributed by atoms with Crippen LogP contribution in [0.25, 0.3) is 0 Å². The zero-order valence-electron chi connectivity index (χ0n) is 12.6. The molecule has 6 N–H and O–H groups in total. The lowest BCUT2D eigenvalue weighted by molar-refractivity contribution is -0.338. The number of aliphatic hydroxyl groups excluding tert-OH is 6. The second-order valence-corrected chi connectivity index (χ2v) is 5.62. The Labute approximate surface area is 132 Å². The smallest absolute Gasteiger partial charge is 0.187 e. The second-order valence-electron chi connectivity index (χ2n) is 5.62. The van der Waals surface area contributed by atoms with Gasteiger partial charge in [0.15, 0.2) is 12.6 Å². The van der Waals surface area contributed by atoms with Gasteiger partial charge in [-0.25, -0.2) is 0 Å². The van der Waals surface area contributed by atoms with Gasteiger partial charge in [-0.15, -0.1) is 0 Å². The number of hydrogen-bond acceptors (Lipinski definition) is 10. The molecule has 2 saturated heterocycles. The number of hydrogen-bond donors (Lipinski definition) is 6. The standard InChI is InChI=1S/C13H24O10/c1-20-8-2-5(9(16)6(3-14)21-8)22-13-12(19)11(18)10(17)7(4-15)23-13/h5-19H,2-4H2,1H3/t5-,6?,7?,8-,9-,10+,11+,12+,13?/m1/s1. The van der Waals surface area contributed by atoms with Crippen molar-refractivity contribution in [2.24, 2.45) is 0 Å². The van der Waals surface area contributed by atoms with Crippen molar-refractivity contribution in [1.82, 2.24) is 0 Å². The Hall–Kier alpha value is -0.400. The first-order valence-corrected chi connectivity index (χ1v) is 7.36. The van der Waals surface area contributed by atoms with E-state index in [2.05, 4.69) is 0 Å². The maximum absolute atomic E-state index is 10.1. The lowest BCUT2D eigenvalue weighted by atomic mass is 9.98. The Morgan fingerprint density at radius 1 is 0.870 bits per heavy atom. The predicted molar refractivity (Wildman–Crippen MR) is 72.0 cm³/mol. The van der Waals surface area contributed by atoms with Crippen LogP contribution in [0.2, 0.25) is 0 Å². The van der Waals surface area contributed by atoms with Crippen molar-refractivity contribution < 1.29 is 49.6 Å². The van der Waals surface area contributed by atoms with Crippen molar-refractivity contribution in [2.45, 2.75) is 61.7 Å². The minimum Gasteiger partial charge on any atom is -0.394 e.